The number of hydrogen-bond donors (Lipinski definition) is 2. The van der Waals surface area contributed by atoms with Crippen LogP contribution in [0.25, 0.3) is 0 Å². The molecule has 1 fully saturated rings. The van der Waals surface area contributed by atoms with Gasteiger partial charge in [-0.15, -0.1) is 0 Å². The van der Waals surface area contributed by atoms with Crippen LogP contribution in [0.1, 0.15) is 50.4 Å². The SMILES string of the molecule is CC(C)=CCC/C(C)=C/CN1CC[C@@H](NC(=O)c2ccncc2)[C@H](O)C1. The van der Waals surface area contributed by atoms with Gasteiger partial charge in [0, 0.05) is 37.6 Å². The number of aliphatic hydroxyl groups excluding tert-OH is 1. The van der Waals surface area contributed by atoms with Crippen LogP contribution < -0.4 is 5.32 Å². The van der Waals surface area contributed by atoms with Crippen LogP contribution in [0.5, 0.6) is 0 Å². The number of nitrogens with one attached hydrogen (secondary N) is 1. The van der Waals surface area contributed by atoms with Gasteiger partial charge in [-0.25, -0.2) is 0 Å². The highest BCUT2D eigenvalue weighted by atomic mass is 16.3. The van der Waals surface area contributed by atoms with E-state index in [0.717, 1.165) is 32.4 Å². The number of allylic oxidation sites excluding steroid dienone is 3. The molecular formula is C21H31N3O2. The summed E-state index contributed by atoms with van der Waals surface area (Å²) < 4.78 is 0. The highest BCUT2D eigenvalue weighted by Gasteiger charge is 2.28. The van der Waals surface area contributed by atoms with Gasteiger partial charge in [-0.3, -0.25) is 14.7 Å². The van der Waals surface area contributed by atoms with E-state index in [1.54, 1.807) is 24.5 Å². The second kappa shape index (κ2) is 10.2. The minimum Gasteiger partial charge on any atom is -0.390 e. The third kappa shape index (κ3) is 6.73. The Kier molecular flexibility index (Phi) is 8.01. The first-order chi connectivity index (χ1) is 12.5. The number of aromatic nitrogens is 1. The van der Waals surface area contributed by atoms with Crippen molar-refractivity contribution in [1.29, 1.82) is 0 Å². The van der Waals surface area contributed by atoms with Crippen LogP contribution in [0.3, 0.4) is 0 Å². The van der Waals surface area contributed by atoms with Gasteiger partial charge < -0.3 is 10.4 Å². The highest BCUT2D eigenvalue weighted by molar-refractivity contribution is 5.94. The zero-order valence-electron chi connectivity index (χ0n) is 16.1. The van der Waals surface area contributed by atoms with Crippen molar-refractivity contribution in [2.24, 2.45) is 0 Å². The minimum absolute atomic E-state index is 0.153. The third-order valence-electron chi connectivity index (χ3n) is 4.71. The standard InChI is InChI=1S/C21H31N3O2/c1-16(2)5-4-6-17(3)9-13-24-14-10-19(20(25)15-24)23-21(26)18-7-11-22-12-8-18/h5,7-9,11-12,19-20,25H,4,6,10,13-15H2,1-3H3,(H,23,26)/b17-9+/t19-,20-/m1/s1. The van der Waals surface area contributed by atoms with Crippen molar-refractivity contribution >= 4 is 5.91 Å². The van der Waals surface area contributed by atoms with Crippen molar-refractivity contribution in [3.8, 4) is 0 Å². The van der Waals surface area contributed by atoms with E-state index in [0.29, 0.717) is 12.1 Å². The normalized spacial score (nSPS) is 21.3. The number of nitrogens with zero attached hydrogens (tertiary/aromatic N) is 2. The lowest BCUT2D eigenvalue weighted by atomic mass is 10.0. The number of amides is 1. The van der Waals surface area contributed by atoms with E-state index in [4.69, 9.17) is 0 Å². The summed E-state index contributed by atoms with van der Waals surface area (Å²) in [6.45, 7) is 8.71. The molecule has 0 spiro atoms. The van der Waals surface area contributed by atoms with E-state index in [2.05, 4.69) is 48.1 Å². The van der Waals surface area contributed by atoms with E-state index in [9.17, 15) is 9.90 Å². The van der Waals surface area contributed by atoms with Crippen molar-refractivity contribution in [3.63, 3.8) is 0 Å². The van der Waals surface area contributed by atoms with E-state index in [1.807, 2.05) is 0 Å². The summed E-state index contributed by atoms with van der Waals surface area (Å²) in [6, 6.07) is 3.16. The average Bonchev–Trinajstić information content (AvgIpc) is 2.62. The van der Waals surface area contributed by atoms with Crippen LogP contribution in [-0.4, -0.2) is 52.7 Å². The quantitative estimate of drug-likeness (QED) is 0.737. The maximum absolute atomic E-state index is 12.2. The highest BCUT2D eigenvalue weighted by Crippen LogP contribution is 2.13. The lowest BCUT2D eigenvalue weighted by Crippen LogP contribution is -2.54. The summed E-state index contributed by atoms with van der Waals surface area (Å²) in [5.41, 5.74) is 3.31. The maximum atomic E-state index is 12.2. The Bertz CT molecular complexity index is 636. The number of aliphatic hydroxyl groups is 1. The van der Waals surface area contributed by atoms with Crippen LogP contribution in [0.2, 0.25) is 0 Å². The number of rotatable bonds is 7. The molecule has 2 rings (SSSR count). The van der Waals surface area contributed by atoms with Crippen molar-refractivity contribution in [3.05, 3.63) is 53.4 Å². The number of carbonyl (C=O) groups excluding carboxylic acids is 1. The zero-order chi connectivity index (χ0) is 18.9. The van der Waals surface area contributed by atoms with Gasteiger partial charge in [-0.2, -0.15) is 0 Å². The summed E-state index contributed by atoms with van der Waals surface area (Å²) in [4.78, 5) is 18.4. The zero-order valence-corrected chi connectivity index (χ0v) is 16.1. The fourth-order valence-electron chi connectivity index (χ4n) is 3.06. The van der Waals surface area contributed by atoms with Crippen LogP contribution in [0.4, 0.5) is 0 Å². The monoisotopic (exact) mass is 357 g/mol. The molecule has 1 aliphatic heterocycles. The largest absolute Gasteiger partial charge is 0.390 e. The second-order valence-corrected chi connectivity index (χ2v) is 7.30. The van der Waals surface area contributed by atoms with Crippen molar-refractivity contribution < 1.29 is 9.90 Å². The van der Waals surface area contributed by atoms with Gasteiger partial charge >= 0.3 is 0 Å². The van der Waals surface area contributed by atoms with Gasteiger partial charge in [0.05, 0.1) is 12.1 Å². The molecule has 2 N–H and O–H groups in total. The number of piperidine rings is 1. The van der Waals surface area contributed by atoms with Crippen LogP contribution >= 0.6 is 0 Å². The fraction of sp³-hybridized carbons (Fsp3) is 0.524. The van der Waals surface area contributed by atoms with Gasteiger partial charge in [-0.1, -0.05) is 23.3 Å². The Morgan fingerprint density at radius 3 is 2.69 bits per heavy atom. The van der Waals surface area contributed by atoms with E-state index >= 15 is 0 Å². The summed E-state index contributed by atoms with van der Waals surface area (Å²) in [6.07, 6.45) is 10.1. The molecule has 26 heavy (non-hydrogen) atoms. The molecule has 0 aliphatic carbocycles. The first-order valence-corrected chi connectivity index (χ1v) is 9.36. The maximum Gasteiger partial charge on any atom is 0.251 e. The molecule has 0 aromatic carbocycles. The average molecular weight is 357 g/mol. The van der Waals surface area contributed by atoms with Crippen LogP contribution in [0.15, 0.2) is 47.8 Å². The predicted octanol–water partition coefficient (Wildman–Crippen LogP) is 2.94. The molecule has 2 heterocycles. The lowest BCUT2D eigenvalue weighted by Gasteiger charge is -2.35. The molecule has 0 radical (unpaired) electrons. The Morgan fingerprint density at radius 1 is 1.31 bits per heavy atom. The molecule has 1 aromatic heterocycles. The molecule has 0 unspecified atom stereocenters. The first-order valence-electron chi connectivity index (χ1n) is 9.36. The van der Waals surface area contributed by atoms with Crippen LogP contribution in [0, 0.1) is 0 Å². The van der Waals surface area contributed by atoms with Gasteiger partial charge in [-0.05, 0) is 52.2 Å². The Labute approximate surface area is 156 Å². The molecule has 0 bridgehead atoms. The summed E-state index contributed by atoms with van der Waals surface area (Å²) in [7, 11) is 0. The molecule has 0 saturated carbocycles. The first kappa shape index (κ1) is 20.3. The smallest absolute Gasteiger partial charge is 0.251 e. The van der Waals surface area contributed by atoms with Gasteiger partial charge in [0.15, 0.2) is 0 Å². The number of likely N-dealkylation sites (tertiary alicyclic amines) is 1. The number of pyridine rings is 1. The number of β-amino-alcohol motifs (C(OH)–C–C–N with tert-alkyl or cyclic N) is 1. The Hall–Kier alpha value is -1.98. The van der Waals surface area contributed by atoms with Gasteiger partial charge in [0.1, 0.15) is 0 Å². The van der Waals surface area contributed by atoms with E-state index < -0.39 is 6.10 Å². The summed E-state index contributed by atoms with van der Waals surface area (Å²) in [5.74, 6) is -0.153. The minimum atomic E-state index is -0.547. The predicted molar refractivity (Wildman–Crippen MR) is 105 cm³/mol. The van der Waals surface area contributed by atoms with Gasteiger partial charge in [0.2, 0.25) is 0 Å². The molecular weight excluding hydrogens is 326 g/mol. The Morgan fingerprint density at radius 2 is 2.04 bits per heavy atom. The van der Waals surface area contributed by atoms with Crippen LogP contribution in [-0.2, 0) is 0 Å². The molecule has 5 heteroatoms. The lowest BCUT2D eigenvalue weighted by molar-refractivity contribution is 0.0421. The van der Waals surface area contributed by atoms with Crippen molar-refractivity contribution in [2.75, 3.05) is 19.6 Å². The third-order valence-corrected chi connectivity index (χ3v) is 4.71. The fourth-order valence-corrected chi connectivity index (χ4v) is 3.06. The summed E-state index contributed by atoms with van der Waals surface area (Å²) >= 11 is 0. The van der Waals surface area contributed by atoms with E-state index in [1.165, 1.54) is 11.1 Å². The molecule has 1 aromatic rings. The molecule has 1 saturated heterocycles. The number of carbonyl (C=O) groups is 1. The molecule has 2 atom stereocenters. The van der Waals surface area contributed by atoms with Gasteiger partial charge in [0.25, 0.3) is 5.91 Å². The second-order valence-electron chi connectivity index (χ2n) is 7.30. The molecule has 1 amide bonds. The number of hydrogen-bond acceptors (Lipinski definition) is 4. The summed E-state index contributed by atoms with van der Waals surface area (Å²) in [5, 5.41) is 13.3. The Balaban J connectivity index is 1.77. The van der Waals surface area contributed by atoms with Crippen molar-refractivity contribution in [1.82, 2.24) is 15.2 Å². The molecule has 1 aliphatic rings. The topological polar surface area (TPSA) is 65.5 Å². The molecule has 5 nitrogen and oxygen atoms in total. The van der Waals surface area contributed by atoms with E-state index in [-0.39, 0.29) is 11.9 Å². The van der Waals surface area contributed by atoms with Crippen molar-refractivity contribution in [2.45, 2.75) is 52.2 Å². The molecule has 142 valence electrons.